The minimum absolute atomic E-state index is 0.332. The van der Waals surface area contributed by atoms with Crippen molar-refractivity contribution in [2.24, 2.45) is 0 Å². The van der Waals surface area contributed by atoms with E-state index >= 15 is 0 Å². The van der Waals surface area contributed by atoms with Crippen molar-refractivity contribution in [2.45, 2.75) is 26.2 Å². The fourth-order valence-corrected chi connectivity index (χ4v) is 1.62. The van der Waals surface area contributed by atoms with E-state index in [-0.39, 0.29) is 6.09 Å². The molecular weight excluding hydrogens is 230 g/mol. The van der Waals surface area contributed by atoms with E-state index in [1.165, 1.54) is 5.56 Å². The zero-order chi connectivity index (χ0) is 13.2. The molecule has 1 aromatic rings. The van der Waals surface area contributed by atoms with Gasteiger partial charge in [-0.15, -0.1) is 0 Å². The van der Waals surface area contributed by atoms with Crippen molar-refractivity contribution in [2.75, 3.05) is 20.3 Å². The highest BCUT2D eigenvalue weighted by Gasteiger charge is 1.99. The molecule has 0 atom stereocenters. The van der Waals surface area contributed by atoms with Crippen LogP contribution in [-0.2, 0) is 11.2 Å². The molecule has 0 bridgehead atoms. The smallest absolute Gasteiger partial charge is 0.407 e. The Labute approximate surface area is 108 Å². The molecule has 0 unspecified atom stereocenters. The largest absolute Gasteiger partial charge is 0.497 e. The second kappa shape index (κ2) is 8.39. The van der Waals surface area contributed by atoms with E-state index in [0.717, 1.165) is 25.0 Å². The Morgan fingerprint density at radius 2 is 1.94 bits per heavy atom. The van der Waals surface area contributed by atoms with Crippen molar-refractivity contribution in [3.63, 3.8) is 0 Å². The van der Waals surface area contributed by atoms with Crippen LogP contribution < -0.4 is 10.1 Å². The van der Waals surface area contributed by atoms with Gasteiger partial charge in [0, 0.05) is 6.54 Å². The lowest BCUT2D eigenvalue weighted by Gasteiger charge is -2.05. The first-order chi connectivity index (χ1) is 8.76. The van der Waals surface area contributed by atoms with Crippen LogP contribution in [0.2, 0.25) is 0 Å². The summed E-state index contributed by atoms with van der Waals surface area (Å²) in [5, 5.41) is 2.71. The van der Waals surface area contributed by atoms with Crippen LogP contribution in [0.25, 0.3) is 0 Å². The molecule has 1 amide bonds. The van der Waals surface area contributed by atoms with Crippen LogP contribution in [-0.4, -0.2) is 26.4 Å². The van der Waals surface area contributed by atoms with Gasteiger partial charge in [0.05, 0.1) is 13.7 Å². The zero-order valence-corrected chi connectivity index (χ0v) is 11.1. The molecule has 0 heterocycles. The van der Waals surface area contributed by atoms with Gasteiger partial charge in [-0.3, -0.25) is 0 Å². The summed E-state index contributed by atoms with van der Waals surface area (Å²) >= 11 is 0. The molecule has 0 spiro atoms. The lowest BCUT2D eigenvalue weighted by molar-refractivity contribution is 0.152. The number of amides is 1. The highest BCUT2D eigenvalue weighted by atomic mass is 16.5. The van der Waals surface area contributed by atoms with Crippen molar-refractivity contribution < 1.29 is 14.3 Å². The predicted molar refractivity (Wildman–Crippen MR) is 71.0 cm³/mol. The quantitative estimate of drug-likeness (QED) is 0.758. The number of hydrogen-bond acceptors (Lipinski definition) is 3. The van der Waals surface area contributed by atoms with Gasteiger partial charge in [-0.05, 0) is 43.9 Å². The third-order valence-corrected chi connectivity index (χ3v) is 2.60. The van der Waals surface area contributed by atoms with Gasteiger partial charge >= 0.3 is 6.09 Å². The van der Waals surface area contributed by atoms with Crippen LogP contribution in [0.4, 0.5) is 4.79 Å². The average molecular weight is 251 g/mol. The number of nitrogens with one attached hydrogen (secondary N) is 1. The minimum Gasteiger partial charge on any atom is -0.497 e. The van der Waals surface area contributed by atoms with Gasteiger partial charge in [-0.1, -0.05) is 12.1 Å². The molecule has 1 aromatic carbocycles. The number of aryl methyl sites for hydroxylation is 1. The van der Waals surface area contributed by atoms with E-state index in [2.05, 4.69) is 17.4 Å². The maximum Gasteiger partial charge on any atom is 0.407 e. The molecule has 0 aromatic heterocycles. The number of alkyl carbamates (subject to hydrolysis) is 1. The van der Waals surface area contributed by atoms with Gasteiger partial charge < -0.3 is 14.8 Å². The summed E-state index contributed by atoms with van der Waals surface area (Å²) in [7, 11) is 1.66. The van der Waals surface area contributed by atoms with Gasteiger partial charge in [0.15, 0.2) is 0 Å². The first-order valence-electron chi connectivity index (χ1n) is 6.29. The van der Waals surface area contributed by atoms with Crippen LogP contribution in [0.5, 0.6) is 5.75 Å². The lowest BCUT2D eigenvalue weighted by Crippen LogP contribution is -2.25. The van der Waals surface area contributed by atoms with E-state index in [4.69, 9.17) is 9.47 Å². The van der Waals surface area contributed by atoms with E-state index in [1.807, 2.05) is 12.1 Å². The molecule has 4 heteroatoms. The summed E-state index contributed by atoms with van der Waals surface area (Å²) in [6.45, 7) is 2.87. The number of benzene rings is 1. The monoisotopic (exact) mass is 251 g/mol. The van der Waals surface area contributed by atoms with Gasteiger partial charge in [0.2, 0.25) is 0 Å². The highest BCUT2D eigenvalue weighted by Crippen LogP contribution is 2.12. The molecule has 0 radical (unpaired) electrons. The molecule has 0 fully saturated rings. The summed E-state index contributed by atoms with van der Waals surface area (Å²) in [5.41, 5.74) is 1.28. The number of unbranched alkanes of at least 4 members (excludes halogenated alkanes) is 1. The topological polar surface area (TPSA) is 47.6 Å². The summed E-state index contributed by atoms with van der Waals surface area (Å²) in [4.78, 5) is 11.0. The third kappa shape index (κ3) is 5.57. The number of methoxy groups -OCH3 is 1. The Bertz CT molecular complexity index is 349. The second-order valence-corrected chi connectivity index (χ2v) is 3.95. The lowest BCUT2D eigenvalue weighted by atomic mass is 10.1. The fourth-order valence-electron chi connectivity index (χ4n) is 1.62. The molecule has 0 saturated carbocycles. The molecule has 100 valence electrons. The van der Waals surface area contributed by atoms with Crippen LogP contribution in [0, 0.1) is 0 Å². The maximum absolute atomic E-state index is 11.0. The molecule has 1 rings (SSSR count). The molecule has 4 nitrogen and oxygen atoms in total. The van der Waals surface area contributed by atoms with Gasteiger partial charge in [0.25, 0.3) is 0 Å². The van der Waals surface area contributed by atoms with Gasteiger partial charge in [-0.25, -0.2) is 4.79 Å². The van der Waals surface area contributed by atoms with Crippen molar-refractivity contribution in [1.29, 1.82) is 0 Å². The second-order valence-electron chi connectivity index (χ2n) is 3.95. The van der Waals surface area contributed by atoms with Crippen LogP contribution in [0.15, 0.2) is 24.3 Å². The van der Waals surface area contributed by atoms with Gasteiger partial charge in [-0.2, -0.15) is 0 Å². The Balaban J connectivity index is 2.12. The Morgan fingerprint density at radius 1 is 1.22 bits per heavy atom. The van der Waals surface area contributed by atoms with Gasteiger partial charge in [0.1, 0.15) is 5.75 Å². The third-order valence-electron chi connectivity index (χ3n) is 2.60. The fraction of sp³-hybridized carbons (Fsp3) is 0.500. The number of ether oxygens (including phenoxy) is 2. The molecule has 18 heavy (non-hydrogen) atoms. The average Bonchev–Trinajstić information content (AvgIpc) is 2.39. The number of carbonyl (C=O) groups excluding carboxylic acids is 1. The summed E-state index contributed by atoms with van der Waals surface area (Å²) in [6, 6.07) is 8.06. The molecule has 0 aliphatic heterocycles. The first-order valence-corrected chi connectivity index (χ1v) is 6.29. The summed E-state index contributed by atoms with van der Waals surface area (Å²) in [6.07, 6.45) is 2.67. The highest BCUT2D eigenvalue weighted by molar-refractivity contribution is 5.66. The van der Waals surface area contributed by atoms with E-state index in [0.29, 0.717) is 13.2 Å². The predicted octanol–water partition coefficient (Wildman–Crippen LogP) is 2.76. The molecular formula is C14H21NO3. The van der Waals surface area contributed by atoms with Crippen molar-refractivity contribution in [1.82, 2.24) is 5.32 Å². The zero-order valence-electron chi connectivity index (χ0n) is 11.1. The number of rotatable bonds is 7. The van der Waals surface area contributed by atoms with Crippen LogP contribution in [0.1, 0.15) is 25.3 Å². The molecule has 0 aliphatic rings. The Morgan fingerprint density at radius 3 is 2.56 bits per heavy atom. The van der Waals surface area contributed by atoms with Crippen molar-refractivity contribution in [3.05, 3.63) is 29.8 Å². The Kier molecular flexibility index (Phi) is 6.69. The molecule has 0 saturated heterocycles. The SMILES string of the molecule is CCOC(=O)NCCCCc1ccc(OC)cc1. The minimum atomic E-state index is -0.332. The summed E-state index contributed by atoms with van der Waals surface area (Å²) in [5.74, 6) is 0.878. The van der Waals surface area contributed by atoms with E-state index in [1.54, 1.807) is 14.0 Å². The van der Waals surface area contributed by atoms with Crippen molar-refractivity contribution >= 4 is 6.09 Å². The standard InChI is InChI=1S/C14H21NO3/c1-3-18-14(16)15-11-5-4-6-12-7-9-13(17-2)10-8-12/h7-10H,3-6,11H2,1-2H3,(H,15,16). The molecule has 1 N–H and O–H groups in total. The van der Waals surface area contributed by atoms with Crippen LogP contribution in [0.3, 0.4) is 0 Å². The number of carbonyl (C=O) groups is 1. The summed E-state index contributed by atoms with van der Waals surface area (Å²) < 4.78 is 9.87. The van der Waals surface area contributed by atoms with E-state index in [9.17, 15) is 4.79 Å². The van der Waals surface area contributed by atoms with E-state index < -0.39 is 0 Å². The van der Waals surface area contributed by atoms with Crippen molar-refractivity contribution in [3.8, 4) is 5.75 Å². The van der Waals surface area contributed by atoms with Crippen LogP contribution >= 0.6 is 0 Å². The molecule has 0 aliphatic carbocycles. The maximum atomic E-state index is 11.0. The number of hydrogen-bond donors (Lipinski definition) is 1. The Hall–Kier alpha value is -1.71. The normalized spacial score (nSPS) is 9.89. The first kappa shape index (κ1) is 14.4.